The third-order valence-corrected chi connectivity index (χ3v) is 3.13. The number of aliphatic carboxylic acids is 1. The highest BCUT2D eigenvalue weighted by Gasteiger charge is 2.23. The molecule has 1 fully saturated rings. The smallest absolute Gasteiger partial charge is 0.303 e. The number of anilines is 1. The second kappa shape index (κ2) is 5.45. The lowest BCUT2D eigenvalue weighted by Crippen LogP contribution is -2.21. The summed E-state index contributed by atoms with van der Waals surface area (Å²) >= 11 is 0. The molecule has 6 nitrogen and oxygen atoms in total. The number of aromatic nitrogens is 2. The zero-order valence-electron chi connectivity index (χ0n) is 9.91. The van der Waals surface area contributed by atoms with Gasteiger partial charge in [0, 0.05) is 19.5 Å². The van der Waals surface area contributed by atoms with Crippen molar-refractivity contribution in [2.24, 2.45) is 5.92 Å². The molecular formula is C12H14N4O2. The summed E-state index contributed by atoms with van der Waals surface area (Å²) in [7, 11) is 0. The highest BCUT2D eigenvalue weighted by Crippen LogP contribution is 2.24. The SMILES string of the molecule is N#Cc1cnc(N2CCC(CCC(=O)O)C2)cn1. The lowest BCUT2D eigenvalue weighted by molar-refractivity contribution is -0.137. The van der Waals surface area contributed by atoms with E-state index >= 15 is 0 Å². The molecule has 1 aliphatic heterocycles. The summed E-state index contributed by atoms with van der Waals surface area (Å²) in [4.78, 5) is 20.8. The van der Waals surface area contributed by atoms with E-state index in [2.05, 4.69) is 14.9 Å². The van der Waals surface area contributed by atoms with Crippen LogP contribution in [-0.2, 0) is 4.79 Å². The minimum Gasteiger partial charge on any atom is -0.481 e. The van der Waals surface area contributed by atoms with Crippen LogP contribution in [0.15, 0.2) is 12.4 Å². The van der Waals surface area contributed by atoms with Crippen molar-refractivity contribution in [3.63, 3.8) is 0 Å². The molecular weight excluding hydrogens is 232 g/mol. The minimum absolute atomic E-state index is 0.220. The second-order valence-corrected chi connectivity index (χ2v) is 4.40. The molecule has 0 spiro atoms. The Labute approximate surface area is 105 Å². The largest absolute Gasteiger partial charge is 0.481 e. The molecule has 0 saturated carbocycles. The standard InChI is InChI=1S/C12H14N4O2/c13-5-10-6-15-11(7-14-10)16-4-3-9(8-16)1-2-12(17)18/h6-7,9H,1-4,8H2,(H,17,18). The van der Waals surface area contributed by atoms with Crippen LogP contribution in [0.1, 0.15) is 25.0 Å². The fourth-order valence-corrected chi connectivity index (χ4v) is 2.15. The van der Waals surface area contributed by atoms with Crippen molar-refractivity contribution in [3.05, 3.63) is 18.1 Å². The molecule has 1 unspecified atom stereocenters. The molecule has 1 aromatic rings. The van der Waals surface area contributed by atoms with Gasteiger partial charge in [-0.15, -0.1) is 0 Å². The van der Waals surface area contributed by atoms with Gasteiger partial charge in [0.25, 0.3) is 0 Å². The number of nitrogens with zero attached hydrogens (tertiary/aromatic N) is 4. The summed E-state index contributed by atoms with van der Waals surface area (Å²) in [5.74, 6) is 0.414. The topological polar surface area (TPSA) is 90.1 Å². The average Bonchev–Trinajstić information content (AvgIpc) is 2.85. The molecule has 1 atom stereocenters. The van der Waals surface area contributed by atoms with Crippen LogP contribution in [0.2, 0.25) is 0 Å². The van der Waals surface area contributed by atoms with E-state index in [-0.39, 0.29) is 6.42 Å². The van der Waals surface area contributed by atoms with Crippen molar-refractivity contribution < 1.29 is 9.90 Å². The van der Waals surface area contributed by atoms with Gasteiger partial charge in [-0.2, -0.15) is 5.26 Å². The van der Waals surface area contributed by atoms with Crippen molar-refractivity contribution in [2.75, 3.05) is 18.0 Å². The van der Waals surface area contributed by atoms with Gasteiger partial charge in [-0.05, 0) is 18.8 Å². The maximum absolute atomic E-state index is 10.5. The quantitative estimate of drug-likeness (QED) is 0.853. The molecule has 1 aliphatic rings. The molecule has 6 heteroatoms. The summed E-state index contributed by atoms with van der Waals surface area (Å²) in [6, 6.07) is 1.93. The first kappa shape index (κ1) is 12.3. The summed E-state index contributed by atoms with van der Waals surface area (Å²) in [6.45, 7) is 1.68. The van der Waals surface area contributed by atoms with Crippen molar-refractivity contribution >= 4 is 11.8 Å². The lowest BCUT2D eigenvalue weighted by atomic mass is 10.0. The molecule has 2 rings (SSSR count). The minimum atomic E-state index is -0.744. The Hall–Kier alpha value is -2.16. The van der Waals surface area contributed by atoms with E-state index in [0.717, 1.165) is 25.3 Å². The maximum Gasteiger partial charge on any atom is 0.303 e. The molecule has 1 N–H and O–H groups in total. The molecule has 1 aromatic heterocycles. The fourth-order valence-electron chi connectivity index (χ4n) is 2.15. The second-order valence-electron chi connectivity index (χ2n) is 4.40. The summed E-state index contributed by atoms with van der Waals surface area (Å²) in [6.07, 6.45) is 4.96. The number of carboxylic acids is 1. The lowest BCUT2D eigenvalue weighted by Gasteiger charge is -2.16. The predicted molar refractivity (Wildman–Crippen MR) is 63.9 cm³/mol. The number of hydrogen-bond donors (Lipinski definition) is 1. The van der Waals surface area contributed by atoms with E-state index in [1.165, 1.54) is 6.20 Å². The van der Waals surface area contributed by atoms with Crippen molar-refractivity contribution in [2.45, 2.75) is 19.3 Å². The molecule has 0 radical (unpaired) electrons. The Morgan fingerprint density at radius 2 is 2.39 bits per heavy atom. The molecule has 0 aliphatic carbocycles. The number of carboxylic acid groups (broad SMARTS) is 1. The van der Waals surface area contributed by atoms with E-state index in [0.29, 0.717) is 18.0 Å². The molecule has 94 valence electrons. The van der Waals surface area contributed by atoms with Crippen LogP contribution in [0, 0.1) is 17.2 Å². The van der Waals surface area contributed by atoms with E-state index in [4.69, 9.17) is 10.4 Å². The van der Waals surface area contributed by atoms with Gasteiger partial charge >= 0.3 is 5.97 Å². The maximum atomic E-state index is 10.5. The molecule has 0 aromatic carbocycles. The van der Waals surface area contributed by atoms with E-state index < -0.39 is 5.97 Å². The van der Waals surface area contributed by atoms with Gasteiger partial charge in [-0.3, -0.25) is 4.79 Å². The van der Waals surface area contributed by atoms with Gasteiger partial charge in [0.2, 0.25) is 0 Å². The highest BCUT2D eigenvalue weighted by molar-refractivity contribution is 5.66. The van der Waals surface area contributed by atoms with Crippen LogP contribution in [-0.4, -0.2) is 34.1 Å². The monoisotopic (exact) mass is 246 g/mol. The number of rotatable bonds is 4. The fraction of sp³-hybridized carbons (Fsp3) is 0.500. The Balaban J connectivity index is 1.91. The molecule has 2 heterocycles. The number of carbonyl (C=O) groups is 1. The van der Waals surface area contributed by atoms with Crippen LogP contribution < -0.4 is 4.90 Å². The van der Waals surface area contributed by atoms with Gasteiger partial charge in [-0.25, -0.2) is 9.97 Å². The van der Waals surface area contributed by atoms with Gasteiger partial charge < -0.3 is 10.0 Å². The Kier molecular flexibility index (Phi) is 3.72. The third kappa shape index (κ3) is 2.94. The molecule has 0 amide bonds. The first-order chi connectivity index (χ1) is 8.69. The normalized spacial score (nSPS) is 18.6. The third-order valence-electron chi connectivity index (χ3n) is 3.13. The van der Waals surface area contributed by atoms with Gasteiger partial charge in [0.1, 0.15) is 11.9 Å². The van der Waals surface area contributed by atoms with E-state index in [1.54, 1.807) is 6.20 Å². The van der Waals surface area contributed by atoms with E-state index in [1.807, 2.05) is 6.07 Å². The van der Waals surface area contributed by atoms with Gasteiger partial charge in [-0.1, -0.05) is 0 Å². The molecule has 1 saturated heterocycles. The summed E-state index contributed by atoms with van der Waals surface area (Å²) in [5.41, 5.74) is 0.306. The van der Waals surface area contributed by atoms with Gasteiger partial charge in [0.15, 0.2) is 5.69 Å². The van der Waals surface area contributed by atoms with Gasteiger partial charge in [0.05, 0.1) is 12.4 Å². The van der Waals surface area contributed by atoms with Crippen molar-refractivity contribution in [3.8, 4) is 6.07 Å². The number of nitriles is 1. The van der Waals surface area contributed by atoms with Crippen LogP contribution in [0.25, 0.3) is 0 Å². The average molecular weight is 246 g/mol. The van der Waals surface area contributed by atoms with Crippen LogP contribution >= 0.6 is 0 Å². The Bertz CT molecular complexity index is 466. The summed E-state index contributed by atoms with van der Waals surface area (Å²) < 4.78 is 0. The Morgan fingerprint density at radius 3 is 3.00 bits per heavy atom. The Morgan fingerprint density at radius 1 is 1.56 bits per heavy atom. The summed E-state index contributed by atoms with van der Waals surface area (Å²) in [5, 5.41) is 17.3. The highest BCUT2D eigenvalue weighted by atomic mass is 16.4. The zero-order chi connectivity index (χ0) is 13.0. The predicted octanol–water partition coefficient (Wildman–Crippen LogP) is 1.04. The van der Waals surface area contributed by atoms with Crippen LogP contribution in [0.3, 0.4) is 0 Å². The molecule has 0 bridgehead atoms. The first-order valence-electron chi connectivity index (χ1n) is 5.88. The van der Waals surface area contributed by atoms with Crippen molar-refractivity contribution in [1.82, 2.24) is 9.97 Å². The van der Waals surface area contributed by atoms with Crippen LogP contribution in [0.4, 0.5) is 5.82 Å². The van der Waals surface area contributed by atoms with Crippen molar-refractivity contribution in [1.29, 1.82) is 5.26 Å². The van der Waals surface area contributed by atoms with Crippen LogP contribution in [0.5, 0.6) is 0 Å². The molecule has 18 heavy (non-hydrogen) atoms. The first-order valence-corrected chi connectivity index (χ1v) is 5.88. The zero-order valence-corrected chi connectivity index (χ0v) is 9.91. The van der Waals surface area contributed by atoms with E-state index in [9.17, 15) is 4.79 Å². The number of hydrogen-bond acceptors (Lipinski definition) is 5.